The van der Waals surface area contributed by atoms with Crippen LogP contribution in [0.2, 0.25) is 0 Å². The van der Waals surface area contributed by atoms with Gasteiger partial charge in [-0.1, -0.05) is 24.3 Å². The highest BCUT2D eigenvalue weighted by atomic mass is 16.4. The maximum atomic E-state index is 13.3. The van der Waals surface area contributed by atoms with Gasteiger partial charge in [0.25, 0.3) is 0 Å². The molecule has 5 fully saturated rings. The average molecular weight is 480 g/mol. The van der Waals surface area contributed by atoms with Gasteiger partial charge < -0.3 is 20.2 Å². The smallest absolute Gasteiger partial charge is 0.317 e. The van der Waals surface area contributed by atoms with E-state index in [1.165, 1.54) is 37.7 Å². The van der Waals surface area contributed by atoms with Crippen LogP contribution in [0.3, 0.4) is 0 Å². The predicted octanol–water partition coefficient (Wildman–Crippen LogP) is 3.76. The van der Waals surface area contributed by atoms with Crippen LogP contribution in [0.4, 0.5) is 4.79 Å². The third kappa shape index (κ3) is 4.21. The van der Waals surface area contributed by atoms with E-state index < -0.39 is 5.97 Å². The minimum atomic E-state index is -0.941. The molecule has 7 heteroatoms. The minimum Gasteiger partial charge on any atom is -0.481 e. The van der Waals surface area contributed by atoms with Crippen LogP contribution in [0.5, 0.6) is 0 Å². The van der Waals surface area contributed by atoms with Crippen LogP contribution in [0, 0.1) is 23.7 Å². The molecule has 188 valence electrons. The highest BCUT2D eigenvalue weighted by Crippen LogP contribution is 2.53. The van der Waals surface area contributed by atoms with E-state index in [0.29, 0.717) is 44.1 Å². The normalized spacial score (nSPS) is 32.4. The van der Waals surface area contributed by atoms with E-state index in [4.69, 9.17) is 5.11 Å². The van der Waals surface area contributed by atoms with Gasteiger partial charge in [-0.2, -0.15) is 0 Å². The summed E-state index contributed by atoms with van der Waals surface area (Å²) in [7, 11) is 0. The molecular weight excluding hydrogens is 442 g/mol. The van der Waals surface area contributed by atoms with E-state index >= 15 is 0 Å². The quantitative estimate of drug-likeness (QED) is 0.688. The molecule has 7 nitrogen and oxygen atoms in total. The minimum absolute atomic E-state index is 0.0353. The van der Waals surface area contributed by atoms with Gasteiger partial charge in [-0.05, 0) is 79.7 Å². The second-order valence-electron chi connectivity index (χ2n) is 12.0. The van der Waals surface area contributed by atoms with Crippen molar-refractivity contribution in [3.05, 3.63) is 35.4 Å². The summed E-state index contributed by atoms with van der Waals surface area (Å²) in [4.78, 5) is 41.0. The van der Waals surface area contributed by atoms with Crippen molar-refractivity contribution in [3.63, 3.8) is 0 Å². The number of carbonyl (C=O) groups is 3. The van der Waals surface area contributed by atoms with Crippen molar-refractivity contribution in [2.24, 2.45) is 23.7 Å². The molecule has 0 unspecified atom stereocenters. The highest BCUT2D eigenvalue weighted by molar-refractivity contribution is 5.81. The second-order valence-corrected chi connectivity index (χ2v) is 12.0. The number of aliphatic carboxylic acids is 1. The Hall–Kier alpha value is -2.57. The number of carboxylic acids is 1. The molecular formula is C28H37N3O4. The van der Waals surface area contributed by atoms with Crippen LogP contribution >= 0.6 is 0 Å². The fourth-order valence-electron chi connectivity index (χ4n) is 8.40. The van der Waals surface area contributed by atoms with Crippen molar-refractivity contribution < 1.29 is 19.5 Å². The summed E-state index contributed by atoms with van der Waals surface area (Å²) in [5.74, 6) is 2.09. The van der Waals surface area contributed by atoms with Crippen molar-refractivity contribution >= 4 is 17.9 Å². The molecule has 2 heterocycles. The van der Waals surface area contributed by atoms with E-state index in [-0.39, 0.29) is 30.2 Å². The fraction of sp³-hybridized carbons (Fsp3) is 0.679. The maximum Gasteiger partial charge on any atom is 0.317 e. The molecule has 0 atom stereocenters. The van der Waals surface area contributed by atoms with Crippen molar-refractivity contribution in [2.45, 2.75) is 75.8 Å². The van der Waals surface area contributed by atoms with E-state index in [0.717, 1.165) is 30.2 Å². The molecule has 4 bridgehead atoms. The molecule has 4 aliphatic carbocycles. The Bertz CT molecular complexity index is 987. The van der Waals surface area contributed by atoms with Crippen LogP contribution in [-0.4, -0.2) is 58.5 Å². The van der Waals surface area contributed by atoms with Gasteiger partial charge in [0.05, 0.1) is 6.42 Å². The van der Waals surface area contributed by atoms with Crippen molar-refractivity contribution in [3.8, 4) is 0 Å². The monoisotopic (exact) mass is 479 g/mol. The van der Waals surface area contributed by atoms with Crippen LogP contribution in [0.15, 0.2) is 24.3 Å². The SMILES string of the molecule is O=C(O)CCC(=O)N1Cc2ccccc2C2(CCN(C(=O)NC3C4CC5CC(C4)CC3C5)CC2)C1. The zero-order valence-corrected chi connectivity index (χ0v) is 20.5. The number of fused-ring (bicyclic) bond motifs is 2. The van der Waals surface area contributed by atoms with Crippen molar-refractivity contribution in [1.29, 1.82) is 0 Å². The largest absolute Gasteiger partial charge is 0.481 e. The summed E-state index contributed by atoms with van der Waals surface area (Å²) in [5.41, 5.74) is 2.27. The Balaban J connectivity index is 1.12. The molecule has 2 aliphatic heterocycles. The molecule has 7 rings (SSSR count). The number of benzene rings is 1. The molecule has 0 aromatic heterocycles. The summed E-state index contributed by atoms with van der Waals surface area (Å²) in [5, 5.41) is 12.5. The summed E-state index contributed by atoms with van der Waals surface area (Å²) in [6.45, 7) is 2.51. The summed E-state index contributed by atoms with van der Waals surface area (Å²) in [6.07, 6.45) is 8.14. The fourth-order valence-corrected chi connectivity index (χ4v) is 8.40. The topological polar surface area (TPSA) is 90.0 Å². The number of rotatable bonds is 4. The number of nitrogens with zero attached hydrogens (tertiary/aromatic N) is 2. The van der Waals surface area contributed by atoms with E-state index in [2.05, 4.69) is 23.5 Å². The van der Waals surface area contributed by atoms with Gasteiger partial charge >= 0.3 is 12.0 Å². The zero-order valence-electron chi connectivity index (χ0n) is 20.5. The molecule has 4 saturated carbocycles. The van der Waals surface area contributed by atoms with Gasteiger partial charge in [0.2, 0.25) is 5.91 Å². The molecule has 1 spiro atoms. The molecule has 1 aromatic carbocycles. The van der Waals surface area contributed by atoms with Crippen molar-refractivity contribution in [1.82, 2.24) is 15.1 Å². The third-order valence-electron chi connectivity index (χ3n) is 9.87. The Labute approximate surface area is 207 Å². The van der Waals surface area contributed by atoms with Gasteiger partial charge in [0.15, 0.2) is 0 Å². The number of nitrogens with one attached hydrogen (secondary N) is 1. The predicted molar refractivity (Wildman–Crippen MR) is 131 cm³/mol. The Morgan fingerprint density at radius 2 is 1.57 bits per heavy atom. The zero-order chi connectivity index (χ0) is 24.2. The van der Waals surface area contributed by atoms with Gasteiger partial charge in [-0.25, -0.2) is 4.79 Å². The average Bonchev–Trinajstić information content (AvgIpc) is 2.84. The van der Waals surface area contributed by atoms with Gasteiger partial charge in [-0.3, -0.25) is 9.59 Å². The number of hydrogen-bond donors (Lipinski definition) is 2. The molecule has 1 aromatic rings. The van der Waals surface area contributed by atoms with Crippen LogP contribution in [0.1, 0.15) is 68.9 Å². The number of carbonyl (C=O) groups excluding carboxylic acids is 2. The number of amides is 3. The van der Waals surface area contributed by atoms with Gasteiger partial charge in [0, 0.05) is 44.1 Å². The lowest BCUT2D eigenvalue weighted by Crippen LogP contribution is -2.60. The maximum absolute atomic E-state index is 13.3. The molecule has 0 radical (unpaired) electrons. The number of likely N-dealkylation sites (tertiary alicyclic amines) is 1. The summed E-state index contributed by atoms with van der Waals surface area (Å²) < 4.78 is 0. The lowest BCUT2D eigenvalue weighted by atomic mass is 9.54. The lowest BCUT2D eigenvalue weighted by Gasteiger charge is -2.55. The Kier molecular flexibility index (Phi) is 5.76. The molecule has 1 saturated heterocycles. The standard InChI is InChI=1S/C28H37N3O4/c32-24(5-6-25(33)34)31-16-20-3-1-2-4-23(20)28(17-31)7-9-30(10-8-28)27(35)29-26-21-12-18-11-19(14-21)15-22(26)13-18/h1-4,18-19,21-22,26H,5-17H2,(H,29,35)(H,33,34). The Morgan fingerprint density at radius 3 is 2.23 bits per heavy atom. The van der Waals surface area contributed by atoms with Crippen LogP contribution in [-0.2, 0) is 21.5 Å². The first-order valence-corrected chi connectivity index (χ1v) is 13.5. The number of piperidine rings is 1. The van der Waals surface area contributed by atoms with E-state index in [1.807, 2.05) is 15.9 Å². The number of urea groups is 1. The first-order chi connectivity index (χ1) is 16.9. The van der Waals surface area contributed by atoms with Crippen LogP contribution in [0.25, 0.3) is 0 Å². The molecule has 2 N–H and O–H groups in total. The summed E-state index contributed by atoms with van der Waals surface area (Å²) >= 11 is 0. The van der Waals surface area contributed by atoms with Gasteiger partial charge in [-0.15, -0.1) is 0 Å². The van der Waals surface area contributed by atoms with E-state index in [9.17, 15) is 14.4 Å². The third-order valence-corrected chi connectivity index (χ3v) is 9.87. The molecule has 3 amide bonds. The number of carboxylic acid groups (broad SMARTS) is 1. The second kappa shape index (κ2) is 8.82. The lowest BCUT2D eigenvalue weighted by molar-refractivity contribution is -0.141. The van der Waals surface area contributed by atoms with Crippen LogP contribution < -0.4 is 5.32 Å². The first-order valence-electron chi connectivity index (χ1n) is 13.5. The van der Waals surface area contributed by atoms with E-state index in [1.54, 1.807) is 0 Å². The Morgan fingerprint density at radius 1 is 0.914 bits per heavy atom. The van der Waals surface area contributed by atoms with Crippen molar-refractivity contribution in [2.75, 3.05) is 19.6 Å². The molecule has 35 heavy (non-hydrogen) atoms. The molecule has 6 aliphatic rings. The van der Waals surface area contributed by atoms with Gasteiger partial charge in [0.1, 0.15) is 0 Å². The number of hydrogen-bond acceptors (Lipinski definition) is 3. The summed E-state index contributed by atoms with van der Waals surface area (Å²) in [6, 6.07) is 8.77. The first kappa shape index (κ1) is 22.9. The highest BCUT2D eigenvalue weighted by Gasteiger charge is 2.49.